The molecule has 0 spiro atoms. The summed E-state index contributed by atoms with van der Waals surface area (Å²) < 4.78 is 37.5. The van der Waals surface area contributed by atoms with Gasteiger partial charge in [0.05, 0.1) is 24.2 Å². The zero-order chi connectivity index (χ0) is 18.4. The standard InChI is InChI=1S/C15H18N2O7S/c1-9-14(18)16(2)12-5-4-10(6-13(12)23-9)17-7-11(24-15(17)19)8-22-25(3,20)21/h4-6,9,11H,7-8H2,1-3H3/t9?,11-/m1/s1. The Balaban J connectivity index is 1.78. The first kappa shape index (κ1) is 17.5. The number of amides is 2. The Hall–Kier alpha value is -2.33. The van der Waals surface area contributed by atoms with Crippen LogP contribution in [-0.2, 0) is 23.8 Å². The smallest absolute Gasteiger partial charge is 0.414 e. The van der Waals surface area contributed by atoms with Crippen LogP contribution in [0.3, 0.4) is 0 Å². The lowest BCUT2D eigenvalue weighted by atomic mass is 10.1. The predicted octanol–water partition coefficient (Wildman–Crippen LogP) is 0.732. The molecule has 2 aliphatic heterocycles. The number of nitrogens with zero attached hydrogens (tertiary/aromatic N) is 2. The van der Waals surface area contributed by atoms with Gasteiger partial charge in [-0.15, -0.1) is 0 Å². The van der Waals surface area contributed by atoms with Crippen molar-refractivity contribution in [2.75, 3.05) is 36.3 Å². The van der Waals surface area contributed by atoms with Crippen molar-refractivity contribution < 1.29 is 31.7 Å². The number of fused-ring (bicyclic) bond motifs is 1. The molecular weight excluding hydrogens is 352 g/mol. The average molecular weight is 370 g/mol. The molecule has 3 rings (SSSR count). The minimum Gasteiger partial charge on any atom is -0.479 e. The van der Waals surface area contributed by atoms with Gasteiger partial charge in [0, 0.05) is 13.1 Å². The summed E-state index contributed by atoms with van der Waals surface area (Å²) in [5.41, 5.74) is 1.14. The van der Waals surface area contributed by atoms with Gasteiger partial charge in [-0.05, 0) is 19.1 Å². The quantitative estimate of drug-likeness (QED) is 0.720. The number of ether oxygens (including phenoxy) is 2. The van der Waals surface area contributed by atoms with Crippen molar-refractivity contribution >= 4 is 33.5 Å². The van der Waals surface area contributed by atoms with Crippen LogP contribution < -0.4 is 14.5 Å². The topological polar surface area (TPSA) is 102 Å². The van der Waals surface area contributed by atoms with Crippen LogP contribution in [0.4, 0.5) is 16.2 Å². The Morgan fingerprint density at radius 3 is 2.68 bits per heavy atom. The zero-order valence-corrected chi connectivity index (χ0v) is 14.8. The summed E-state index contributed by atoms with van der Waals surface area (Å²) in [6.45, 7) is 1.56. The number of cyclic esters (lactones) is 1. The number of hydrogen-bond donors (Lipinski definition) is 0. The van der Waals surface area contributed by atoms with Crippen LogP contribution in [0, 0.1) is 0 Å². The fourth-order valence-corrected chi connectivity index (χ4v) is 3.09. The van der Waals surface area contributed by atoms with E-state index in [0.717, 1.165) is 6.26 Å². The highest BCUT2D eigenvalue weighted by atomic mass is 32.2. The number of carbonyl (C=O) groups excluding carboxylic acids is 2. The van der Waals surface area contributed by atoms with Crippen molar-refractivity contribution in [1.29, 1.82) is 0 Å². The molecule has 0 bridgehead atoms. The van der Waals surface area contributed by atoms with Crippen LogP contribution >= 0.6 is 0 Å². The van der Waals surface area contributed by atoms with Crippen LogP contribution in [0.25, 0.3) is 0 Å². The van der Waals surface area contributed by atoms with Gasteiger partial charge in [-0.25, -0.2) is 4.79 Å². The van der Waals surface area contributed by atoms with Gasteiger partial charge in [0.1, 0.15) is 18.5 Å². The van der Waals surface area contributed by atoms with E-state index in [2.05, 4.69) is 4.18 Å². The molecule has 10 heteroatoms. The molecule has 1 fully saturated rings. The molecular formula is C15H18N2O7S. The lowest BCUT2D eigenvalue weighted by Gasteiger charge is -2.31. The normalized spacial score (nSPS) is 23.3. The number of benzene rings is 1. The lowest BCUT2D eigenvalue weighted by Crippen LogP contribution is -2.42. The Morgan fingerprint density at radius 2 is 2.00 bits per heavy atom. The summed E-state index contributed by atoms with van der Waals surface area (Å²) in [7, 11) is -1.95. The predicted molar refractivity (Wildman–Crippen MR) is 88.4 cm³/mol. The van der Waals surface area contributed by atoms with E-state index in [9.17, 15) is 18.0 Å². The molecule has 0 N–H and O–H groups in total. The van der Waals surface area contributed by atoms with Crippen molar-refractivity contribution in [2.45, 2.75) is 19.1 Å². The molecule has 1 aromatic rings. The third-order valence-electron chi connectivity index (χ3n) is 3.94. The largest absolute Gasteiger partial charge is 0.479 e. The Kier molecular flexibility index (Phi) is 4.33. The summed E-state index contributed by atoms with van der Waals surface area (Å²) >= 11 is 0. The molecule has 0 radical (unpaired) electrons. The summed E-state index contributed by atoms with van der Waals surface area (Å²) in [4.78, 5) is 26.8. The molecule has 0 aromatic heterocycles. The molecule has 2 aliphatic rings. The van der Waals surface area contributed by atoms with E-state index in [1.165, 1.54) is 9.80 Å². The summed E-state index contributed by atoms with van der Waals surface area (Å²) in [5.74, 6) is 0.328. The highest BCUT2D eigenvalue weighted by molar-refractivity contribution is 7.85. The second-order valence-corrected chi connectivity index (χ2v) is 7.56. The third-order valence-corrected chi connectivity index (χ3v) is 4.50. The van der Waals surface area contributed by atoms with E-state index < -0.39 is 28.4 Å². The number of anilines is 2. The second kappa shape index (κ2) is 6.19. The van der Waals surface area contributed by atoms with Crippen LogP contribution in [0.5, 0.6) is 5.75 Å². The minimum atomic E-state index is -3.61. The maximum Gasteiger partial charge on any atom is 0.414 e. The number of likely N-dealkylation sites (N-methyl/N-ethyl adjacent to an activating group) is 1. The first-order chi connectivity index (χ1) is 11.7. The van der Waals surface area contributed by atoms with E-state index in [1.54, 1.807) is 32.2 Å². The van der Waals surface area contributed by atoms with Gasteiger partial charge in [-0.2, -0.15) is 8.42 Å². The van der Waals surface area contributed by atoms with Crippen LogP contribution in [-0.4, -0.2) is 59.1 Å². The molecule has 0 saturated carbocycles. The van der Waals surface area contributed by atoms with Crippen LogP contribution in [0.15, 0.2) is 18.2 Å². The van der Waals surface area contributed by atoms with Crippen molar-refractivity contribution in [2.24, 2.45) is 0 Å². The van der Waals surface area contributed by atoms with Gasteiger partial charge < -0.3 is 14.4 Å². The Labute approximate surface area is 145 Å². The van der Waals surface area contributed by atoms with Gasteiger partial charge in [-0.3, -0.25) is 13.9 Å². The number of carbonyl (C=O) groups is 2. The van der Waals surface area contributed by atoms with E-state index in [1.807, 2.05) is 0 Å². The molecule has 1 unspecified atom stereocenters. The lowest BCUT2D eigenvalue weighted by molar-refractivity contribution is -0.125. The van der Waals surface area contributed by atoms with Crippen molar-refractivity contribution in [3.63, 3.8) is 0 Å². The first-order valence-electron chi connectivity index (χ1n) is 7.56. The molecule has 1 aromatic carbocycles. The van der Waals surface area contributed by atoms with Crippen molar-refractivity contribution in [3.05, 3.63) is 18.2 Å². The molecule has 2 atom stereocenters. The molecule has 25 heavy (non-hydrogen) atoms. The van der Waals surface area contributed by atoms with E-state index in [-0.39, 0.29) is 19.1 Å². The summed E-state index contributed by atoms with van der Waals surface area (Å²) in [6, 6.07) is 5.00. The van der Waals surface area contributed by atoms with Gasteiger partial charge in [0.15, 0.2) is 6.10 Å². The SMILES string of the molecule is CC1Oc2cc(N3C[C@H](COS(C)(=O)=O)OC3=O)ccc2N(C)C1=O. The highest BCUT2D eigenvalue weighted by Gasteiger charge is 2.35. The van der Waals surface area contributed by atoms with E-state index >= 15 is 0 Å². The summed E-state index contributed by atoms with van der Waals surface area (Å²) in [6.07, 6.45) is -0.978. The van der Waals surface area contributed by atoms with Crippen molar-refractivity contribution in [3.8, 4) is 5.75 Å². The molecule has 2 heterocycles. The van der Waals surface area contributed by atoms with Crippen LogP contribution in [0.2, 0.25) is 0 Å². The maximum atomic E-state index is 12.1. The summed E-state index contributed by atoms with van der Waals surface area (Å²) in [5, 5.41) is 0. The number of rotatable bonds is 4. The first-order valence-corrected chi connectivity index (χ1v) is 9.38. The third kappa shape index (κ3) is 3.54. The highest BCUT2D eigenvalue weighted by Crippen LogP contribution is 2.37. The Morgan fingerprint density at radius 1 is 1.28 bits per heavy atom. The monoisotopic (exact) mass is 370 g/mol. The Bertz CT molecular complexity index is 823. The second-order valence-electron chi connectivity index (χ2n) is 5.91. The fourth-order valence-electron chi connectivity index (χ4n) is 2.69. The molecule has 1 saturated heterocycles. The molecule has 0 aliphatic carbocycles. The van der Waals surface area contributed by atoms with Gasteiger partial charge in [-0.1, -0.05) is 0 Å². The van der Waals surface area contributed by atoms with Gasteiger partial charge in [0.25, 0.3) is 16.0 Å². The van der Waals surface area contributed by atoms with Gasteiger partial charge >= 0.3 is 6.09 Å². The van der Waals surface area contributed by atoms with Gasteiger partial charge in [0.2, 0.25) is 0 Å². The van der Waals surface area contributed by atoms with Crippen molar-refractivity contribution in [1.82, 2.24) is 0 Å². The van der Waals surface area contributed by atoms with E-state index in [0.29, 0.717) is 17.1 Å². The fraction of sp³-hybridized carbons (Fsp3) is 0.467. The minimum absolute atomic E-state index is 0.150. The number of hydrogen-bond acceptors (Lipinski definition) is 7. The maximum absolute atomic E-state index is 12.1. The zero-order valence-electron chi connectivity index (χ0n) is 14.0. The van der Waals surface area contributed by atoms with E-state index in [4.69, 9.17) is 9.47 Å². The molecule has 9 nitrogen and oxygen atoms in total. The van der Waals surface area contributed by atoms with Crippen LogP contribution in [0.1, 0.15) is 6.92 Å². The molecule has 2 amide bonds. The molecule has 136 valence electrons. The average Bonchev–Trinajstić information content (AvgIpc) is 2.91.